The van der Waals surface area contributed by atoms with Gasteiger partial charge in [-0.25, -0.2) is 4.99 Å². The molecule has 3 rings (SSSR count). The van der Waals surface area contributed by atoms with Crippen LogP contribution in [0.2, 0.25) is 0 Å². The number of nitrogens with one attached hydrogen (secondary N) is 1. The third-order valence-electron chi connectivity index (χ3n) is 4.55. The number of hydrogen-bond acceptors (Lipinski definition) is 10. The predicted octanol–water partition coefficient (Wildman–Crippen LogP) is -3.78. The van der Waals surface area contributed by atoms with E-state index in [1.807, 2.05) is 0 Å². The highest BCUT2D eigenvalue weighted by Gasteiger charge is 2.61. The Balaban J connectivity index is 2.06. The molecular weight excluding hydrogens is 320 g/mol. The molecule has 3 heterocycles. The van der Waals surface area contributed by atoms with Gasteiger partial charge in [0.25, 0.3) is 5.91 Å². The van der Waals surface area contributed by atoms with Gasteiger partial charge in [-0.05, 0) is 0 Å². The van der Waals surface area contributed by atoms with E-state index in [0.29, 0.717) is 0 Å². The number of fused-ring (bicyclic) bond motifs is 1. The summed E-state index contributed by atoms with van der Waals surface area (Å²) in [5.41, 5.74) is 9.99. The van der Waals surface area contributed by atoms with Crippen molar-refractivity contribution in [1.29, 1.82) is 0 Å². The van der Waals surface area contributed by atoms with Gasteiger partial charge in [0.05, 0.1) is 6.61 Å². The first-order valence-electron chi connectivity index (χ1n) is 7.61. The highest BCUT2D eigenvalue weighted by Crippen LogP contribution is 2.41. The van der Waals surface area contributed by atoms with Gasteiger partial charge in [-0.3, -0.25) is 21.3 Å². The molecule has 0 aromatic rings. The lowest BCUT2D eigenvalue weighted by atomic mass is 9.90. The van der Waals surface area contributed by atoms with Gasteiger partial charge in [0, 0.05) is 5.92 Å². The number of carbonyl (C=O) groups is 1. The maximum atomic E-state index is 12.1. The predicted molar refractivity (Wildman–Crippen MR) is 82.4 cm³/mol. The number of rotatable bonds is 3. The van der Waals surface area contributed by atoms with E-state index in [9.17, 15) is 20.1 Å². The van der Waals surface area contributed by atoms with Crippen molar-refractivity contribution in [2.45, 2.75) is 43.8 Å². The minimum atomic E-state index is -1.81. The lowest BCUT2D eigenvalue weighted by molar-refractivity contribution is -0.186. The number of nitrogens with zero attached hydrogens (tertiary/aromatic N) is 3. The second-order valence-electron chi connectivity index (χ2n) is 6.47. The van der Waals surface area contributed by atoms with Crippen LogP contribution in [-0.2, 0) is 9.53 Å². The zero-order valence-electron chi connectivity index (χ0n) is 13.4. The lowest BCUT2D eigenvalue weighted by Crippen LogP contribution is -2.70. The molecular formula is C13H22N6O5. The van der Waals surface area contributed by atoms with Crippen LogP contribution in [0.3, 0.4) is 0 Å². The van der Waals surface area contributed by atoms with Gasteiger partial charge in [0.2, 0.25) is 5.91 Å². The Morgan fingerprint density at radius 3 is 2.67 bits per heavy atom. The molecule has 1 fully saturated rings. The van der Waals surface area contributed by atoms with Crippen molar-refractivity contribution in [2.24, 2.45) is 27.4 Å². The van der Waals surface area contributed by atoms with Gasteiger partial charge < -0.3 is 30.3 Å². The Morgan fingerprint density at radius 2 is 2.12 bits per heavy atom. The van der Waals surface area contributed by atoms with E-state index in [4.69, 9.17) is 16.2 Å². The summed E-state index contributed by atoms with van der Waals surface area (Å²) in [4.78, 5) is 21.8. The van der Waals surface area contributed by atoms with Crippen LogP contribution in [0, 0.1) is 5.92 Å². The molecule has 0 bridgehead atoms. The fourth-order valence-corrected chi connectivity index (χ4v) is 3.40. The highest BCUT2D eigenvalue weighted by molar-refractivity contribution is 6.67. The molecule has 1 saturated heterocycles. The van der Waals surface area contributed by atoms with E-state index in [1.165, 1.54) is 4.90 Å². The molecule has 8 N–H and O–H groups in total. The summed E-state index contributed by atoms with van der Waals surface area (Å²) in [6, 6.07) is 0. The van der Waals surface area contributed by atoms with Crippen molar-refractivity contribution in [3.8, 4) is 0 Å². The second-order valence-corrected chi connectivity index (χ2v) is 6.47. The molecule has 0 saturated carbocycles. The SMILES string of the molecule is CC(C)[C@@]1(N2CN=C3C(=O)NC(N)(N)N=C32)O[C@H](CO)[C@@H](O)[C@H]1O. The van der Waals surface area contributed by atoms with Crippen LogP contribution in [0.4, 0.5) is 0 Å². The largest absolute Gasteiger partial charge is 0.394 e. The number of ether oxygens (including phenoxy) is 1. The third-order valence-corrected chi connectivity index (χ3v) is 4.55. The number of hydrogen-bond donors (Lipinski definition) is 6. The van der Waals surface area contributed by atoms with Crippen molar-refractivity contribution in [3.05, 3.63) is 0 Å². The number of amides is 1. The Morgan fingerprint density at radius 1 is 1.46 bits per heavy atom. The van der Waals surface area contributed by atoms with E-state index in [1.54, 1.807) is 13.8 Å². The summed E-state index contributed by atoms with van der Waals surface area (Å²) in [6.45, 7) is 3.04. The second kappa shape index (κ2) is 5.44. The third kappa shape index (κ3) is 2.24. The first kappa shape index (κ1) is 17.2. The van der Waals surface area contributed by atoms with Crippen LogP contribution in [0.15, 0.2) is 9.98 Å². The first-order valence-corrected chi connectivity index (χ1v) is 7.61. The molecule has 0 aromatic heterocycles. The number of aliphatic imine (C=N–C) groups is 2. The van der Waals surface area contributed by atoms with Crippen LogP contribution < -0.4 is 16.8 Å². The van der Waals surface area contributed by atoms with E-state index in [2.05, 4.69) is 15.3 Å². The zero-order chi connectivity index (χ0) is 17.9. The Kier molecular flexibility index (Phi) is 3.90. The zero-order valence-corrected chi connectivity index (χ0v) is 13.4. The summed E-state index contributed by atoms with van der Waals surface area (Å²) in [6.07, 6.45) is -3.65. The number of aliphatic hydroxyl groups excluding tert-OH is 3. The quantitative estimate of drug-likeness (QED) is 0.283. The highest BCUT2D eigenvalue weighted by atomic mass is 16.6. The molecule has 11 nitrogen and oxygen atoms in total. The van der Waals surface area contributed by atoms with Crippen LogP contribution in [0.1, 0.15) is 13.8 Å². The number of carbonyl (C=O) groups excluding carboxylic acids is 1. The van der Waals surface area contributed by atoms with Crippen LogP contribution in [-0.4, -0.2) is 80.9 Å². The fraction of sp³-hybridized carbons (Fsp3) is 0.769. The molecule has 3 aliphatic rings. The van der Waals surface area contributed by atoms with Crippen molar-refractivity contribution in [1.82, 2.24) is 10.2 Å². The molecule has 11 heteroatoms. The van der Waals surface area contributed by atoms with Crippen molar-refractivity contribution in [3.63, 3.8) is 0 Å². The standard InChI is InChI=1S/C13H22N6O5/c1-5(2)12(9(22)8(21)6(3-20)24-12)19-4-16-7-10(19)17-13(14,15)18-11(7)23/h5-6,8-9,20-22H,3-4,14-15H2,1-2H3,(H,18,23)/t6-,8-,9-,12-/m1/s1. The molecule has 0 spiro atoms. The molecule has 3 aliphatic heterocycles. The Labute approximate surface area is 138 Å². The fourth-order valence-electron chi connectivity index (χ4n) is 3.40. The smallest absolute Gasteiger partial charge is 0.277 e. The molecule has 24 heavy (non-hydrogen) atoms. The topological polar surface area (TPSA) is 179 Å². The summed E-state index contributed by atoms with van der Waals surface area (Å²) >= 11 is 0. The number of amidine groups is 1. The molecule has 0 aliphatic carbocycles. The average molecular weight is 342 g/mol. The van der Waals surface area contributed by atoms with E-state index < -0.39 is 42.5 Å². The summed E-state index contributed by atoms with van der Waals surface area (Å²) in [5.74, 6) is -2.66. The summed E-state index contributed by atoms with van der Waals surface area (Å²) in [7, 11) is 0. The van der Waals surface area contributed by atoms with E-state index >= 15 is 0 Å². The van der Waals surface area contributed by atoms with Gasteiger partial charge in [-0.1, -0.05) is 13.8 Å². The summed E-state index contributed by atoms with van der Waals surface area (Å²) in [5, 5.41) is 32.5. The van der Waals surface area contributed by atoms with Crippen LogP contribution in [0.25, 0.3) is 0 Å². The lowest BCUT2D eigenvalue weighted by Gasteiger charge is -2.45. The molecule has 134 valence electrons. The Hall–Kier alpha value is -1.63. The monoisotopic (exact) mass is 342 g/mol. The van der Waals surface area contributed by atoms with Crippen LogP contribution >= 0.6 is 0 Å². The van der Waals surface area contributed by atoms with Crippen molar-refractivity contribution >= 4 is 17.5 Å². The van der Waals surface area contributed by atoms with Gasteiger partial charge in [0.1, 0.15) is 25.0 Å². The van der Waals surface area contributed by atoms with E-state index in [-0.39, 0.29) is 24.1 Å². The van der Waals surface area contributed by atoms with Gasteiger partial charge in [-0.2, -0.15) is 0 Å². The van der Waals surface area contributed by atoms with E-state index in [0.717, 1.165) is 0 Å². The van der Waals surface area contributed by atoms with Gasteiger partial charge in [-0.15, -0.1) is 0 Å². The summed E-state index contributed by atoms with van der Waals surface area (Å²) < 4.78 is 5.83. The normalized spacial score (nSPS) is 38.1. The minimum Gasteiger partial charge on any atom is -0.394 e. The first-order chi connectivity index (χ1) is 11.1. The van der Waals surface area contributed by atoms with Gasteiger partial charge in [0.15, 0.2) is 17.3 Å². The maximum Gasteiger partial charge on any atom is 0.277 e. The van der Waals surface area contributed by atoms with Gasteiger partial charge >= 0.3 is 0 Å². The molecule has 1 amide bonds. The molecule has 0 unspecified atom stereocenters. The van der Waals surface area contributed by atoms with Crippen molar-refractivity contribution < 1.29 is 24.9 Å². The Bertz CT molecular complexity index is 620. The number of aliphatic hydroxyl groups is 3. The average Bonchev–Trinajstić information content (AvgIpc) is 3.00. The van der Waals surface area contributed by atoms with Crippen LogP contribution in [0.5, 0.6) is 0 Å². The molecule has 4 atom stereocenters. The molecule has 0 radical (unpaired) electrons. The number of nitrogens with two attached hydrogens (primary N) is 2. The van der Waals surface area contributed by atoms with Crippen molar-refractivity contribution in [2.75, 3.05) is 13.3 Å². The maximum absolute atomic E-state index is 12.1. The minimum absolute atomic E-state index is 0.0271. The molecule has 0 aromatic carbocycles.